The first-order valence-electron chi connectivity index (χ1n) is 7.82. The Morgan fingerprint density at radius 1 is 1.57 bits per heavy atom. The fourth-order valence-corrected chi connectivity index (χ4v) is 3.19. The Morgan fingerprint density at radius 2 is 2.33 bits per heavy atom. The molecule has 2 aliphatic rings. The molecule has 1 N–H and O–H groups in total. The lowest BCUT2D eigenvalue weighted by atomic mass is 9.96. The topological polar surface area (TPSA) is 90.3 Å². The van der Waals surface area contributed by atoms with Gasteiger partial charge in [-0.1, -0.05) is 5.11 Å². The zero-order chi connectivity index (χ0) is 15.3. The summed E-state index contributed by atoms with van der Waals surface area (Å²) in [5.41, 5.74) is 7.68. The van der Waals surface area contributed by atoms with Gasteiger partial charge < -0.3 is 10.1 Å². The number of nitrogens with zero attached hydrogens (tertiary/aromatic N) is 4. The smallest absolute Gasteiger partial charge is 0.327 e. The van der Waals surface area contributed by atoms with Crippen molar-refractivity contribution in [2.24, 2.45) is 5.11 Å². The molecule has 0 bridgehead atoms. The van der Waals surface area contributed by atoms with Gasteiger partial charge in [0.05, 0.1) is 6.61 Å². The van der Waals surface area contributed by atoms with Crippen molar-refractivity contribution < 1.29 is 9.53 Å². The first kappa shape index (κ1) is 16.1. The predicted octanol–water partition coefficient (Wildman–Crippen LogP) is 1.83. The second-order valence-corrected chi connectivity index (χ2v) is 5.99. The number of rotatable bonds is 8. The molecule has 0 aromatic heterocycles. The average molecular weight is 295 g/mol. The van der Waals surface area contributed by atoms with E-state index in [-0.39, 0.29) is 5.97 Å². The van der Waals surface area contributed by atoms with Crippen LogP contribution in [0.3, 0.4) is 0 Å². The van der Waals surface area contributed by atoms with Gasteiger partial charge in [0.1, 0.15) is 5.54 Å². The highest BCUT2D eigenvalue weighted by Crippen LogP contribution is 2.37. The number of ether oxygens (including phenoxy) is 1. The number of esters is 1. The Labute approximate surface area is 125 Å². The predicted molar refractivity (Wildman–Crippen MR) is 79.8 cm³/mol. The number of azide groups is 1. The van der Waals surface area contributed by atoms with Gasteiger partial charge in [-0.2, -0.15) is 0 Å². The van der Waals surface area contributed by atoms with Gasteiger partial charge in [-0.05, 0) is 51.6 Å². The third kappa shape index (κ3) is 3.87. The van der Waals surface area contributed by atoms with E-state index in [1.165, 1.54) is 12.8 Å². The first-order chi connectivity index (χ1) is 10.1. The lowest BCUT2D eigenvalue weighted by Crippen LogP contribution is -2.55. The molecule has 0 spiro atoms. The highest BCUT2D eigenvalue weighted by Gasteiger charge is 2.51. The molecule has 2 atom stereocenters. The molecule has 7 heteroatoms. The fraction of sp³-hybridized carbons (Fsp3) is 0.929. The molecule has 0 aromatic carbocycles. The van der Waals surface area contributed by atoms with Gasteiger partial charge in [0.25, 0.3) is 0 Å². The van der Waals surface area contributed by atoms with E-state index in [9.17, 15) is 4.79 Å². The van der Waals surface area contributed by atoms with Crippen LogP contribution in [-0.4, -0.2) is 54.7 Å². The molecule has 0 amide bonds. The molecule has 1 saturated heterocycles. The molecule has 2 fully saturated rings. The normalized spacial score (nSPS) is 29.1. The molecule has 1 aliphatic carbocycles. The minimum atomic E-state index is -0.603. The molecular formula is C14H25N5O2. The Bertz CT molecular complexity index is 420. The van der Waals surface area contributed by atoms with E-state index >= 15 is 0 Å². The number of nitrogens with one attached hydrogen (secondary N) is 1. The van der Waals surface area contributed by atoms with Crippen LogP contribution in [0.15, 0.2) is 5.11 Å². The van der Waals surface area contributed by atoms with Gasteiger partial charge >= 0.3 is 5.97 Å². The van der Waals surface area contributed by atoms with Gasteiger partial charge in [0.15, 0.2) is 0 Å². The maximum absolute atomic E-state index is 12.4. The third-order valence-corrected chi connectivity index (χ3v) is 4.31. The summed E-state index contributed by atoms with van der Waals surface area (Å²) in [6.45, 7) is 6.25. The number of carbonyl (C=O) groups is 1. The Morgan fingerprint density at radius 3 is 2.95 bits per heavy atom. The van der Waals surface area contributed by atoms with Crippen LogP contribution in [0.4, 0.5) is 0 Å². The van der Waals surface area contributed by atoms with Crippen LogP contribution < -0.4 is 5.32 Å². The maximum atomic E-state index is 12.4. The lowest BCUT2D eigenvalue weighted by Gasteiger charge is -2.28. The molecule has 2 rings (SSSR count). The van der Waals surface area contributed by atoms with E-state index in [1.54, 1.807) is 0 Å². The molecule has 21 heavy (non-hydrogen) atoms. The van der Waals surface area contributed by atoms with E-state index in [2.05, 4.69) is 27.2 Å². The summed E-state index contributed by atoms with van der Waals surface area (Å²) in [6.07, 6.45) is 3.98. The van der Waals surface area contributed by atoms with Gasteiger partial charge in [-0.15, -0.1) is 0 Å². The summed E-state index contributed by atoms with van der Waals surface area (Å²) in [7, 11) is 0. The molecule has 7 nitrogen and oxygen atoms in total. The molecule has 0 aromatic rings. The quantitative estimate of drug-likeness (QED) is 0.243. The molecular weight excluding hydrogens is 270 g/mol. The first-order valence-corrected chi connectivity index (χ1v) is 7.82. The van der Waals surface area contributed by atoms with Gasteiger partial charge in [0.2, 0.25) is 0 Å². The van der Waals surface area contributed by atoms with Crippen LogP contribution in [0.2, 0.25) is 0 Å². The highest BCUT2D eigenvalue weighted by molar-refractivity contribution is 5.82. The monoisotopic (exact) mass is 295 g/mol. The van der Waals surface area contributed by atoms with Crippen LogP contribution in [0.25, 0.3) is 10.4 Å². The molecule has 0 radical (unpaired) electrons. The van der Waals surface area contributed by atoms with E-state index in [1.807, 2.05) is 6.92 Å². The number of hydrogen-bond acceptors (Lipinski definition) is 5. The van der Waals surface area contributed by atoms with E-state index in [4.69, 9.17) is 10.3 Å². The highest BCUT2D eigenvalue weighted by atomic mass is 16.5. The summed E-state index contributed by atoms with van der Waals surface area (Å²) in [5.74, 6) is -0.149. The molecule has 1 saturated carbocycles. The summed E-state index contributed by atoms with van der Waals surface area (Å²) in [6, 6.07) is 1.04. The van der Waals surface area contributed by atoms with Crippen molar-refractivity contribution in [3.8, 4) is 0 Å². The summed E-state index contributed by atoms with van der Waals surface area (Å²) in [4.78, 5) is 17.6. The van der Waals surface area contributed by atoms with Crippen molar-refractivity contribution in [1.82, 2.24) is 10.2 Å². The van der Waals surface area contributed by atoms with Crippen LogP contribution >= 0.6 is 0 Å². The van der Waals surface area contributed by atoms with E-state index < -0.39 is 5.54 Å². The lowest BCUT2D eigenvalue weighted by molar-refractivity contribution is -0.150. The average Bonchev–Trinajstić information content (AvgIpc) is 3.24. The SMILES string of the molecule is CCOC(=O)C1(NCCCN=[N+]=[N-])CC(C)N(C2CC2)C1. The molecule has 2 unspecified atom stereocenters. The zero-order valence-corrected chi connectivity index (χ0v) is 12.9. The van der Waals surface area contributed by atoms with Crippen LogP contribution in [0.1, 0.15) is 39.5 Å². The third-order valence-electron chi connectivity index (χ3n) is 4.31. The van der Waals surface area contributed by atoms with E-state index in [0.717, 1.165) is 19.4 Å². The second kappa shape index (κ2) is 7.11. The van der Waals surface area contributed by atoms with Crippen molar-refractivity contribution in [1.29, 1.82) is 0 Å². The fourth-order valence-electron chi connectivity index (χ4n) is 3.19. The standard InChI is InChI=1S/C14H25N5O2/c1-3-21-13(20)14(16-7-4-8-17-18-15)9-11(2)19(10-14)12-5-6-12/h11-12,16H,3-10H2,1-2H3. The van der Waals surface area contributed by atoms with Crippen molar-refractivity contribution in [2.75, 3.05) is 26.2 Å². The summed E-state index contributed by atoms with van der Waals surface area (Å²) >= 11 is 0. The zero-order valence-electron chi connectivity index (χ0n) is 12.9. The van der Waals surface area contributed by atoms with Crippen LogP contribution in [0, 0.1) is 0 Å². The second-order valence-electron chi connectivity index (χ2n) is 5.99. The maximum Gasteiger partial charge on any atom is 0.327 e. The van der Waals surface area contributed by atoms with Gasteiger partial charge in [-0.3, -0.25) is 4.90 Å². The van der Waals surface area contributed by atoms with Crippen molar-refractivity contribution >= 4 is 5.97 Å². The van der Waals surface area contributed by atoms with Crippen molar-refractivity contribution in [3.63, 3.8) is 0 Å². The van der Waals surface area contributed by atoms with Crippen LogP contribution in [-0.2, 0) is 9.53 Å². The Hall–Kier alpha value is -1.30. The number of likely N-dealkylation sites (tertiary alicyclic amines) is 1. The molecule has 1 aliphatic heterocycles. The number of carbonyl (C=O) groups excluding carboxylic acids is 1. The largest absolute Gasteiger partial charge is 0.465 e. The van der Waals surface area contributed by atoms with Crippen molar-refractivity contribution in [3.05, 3.63) is 10.4 Å². The summed E-state index contributed by atoms with van der Waals surface area (Å²) in [5, 5.41) is 6.90. The van der Waals surface area contributed by atoms with Crippen molar-refractivity contribution in [2.45, 2.75) is 57.2 Å². The van der Waals surface area contributed by atoms with Crippen LogP contribution in [0.5, 0.6) is 0 Å². The van der Waals surface area contributed by atoms with Gasteiger partial charge in [0, 0.05) is 30.1 Å². The summed E-state index contributed by atoms with van der Waals surface area (Å²) < 4.78 is 5.29. The Balaban J connectivity index is 1.97. The minimum absolute atomic E-state index is 0.149. The minimum Gasteiger partial charge on any atom is -0.465 e. The van der Waals surface area contributed by atoms with E-state index in [0.29, 0.717) is 31.8 Å². The number of hydrogen-bond donors (Lipinski definition) is 1. The molecule has 118 valence electrons. The molecule has 1 heterocycles. The van der Waals surface area contributed by atoms with Gasteiger partial charge in [-0.25, -0.2) is 4.79 Å². The Kier molecular flexibility index (Phi) is 5.45.